The largest absolute Gasteiger partial charge is 0.406 e. The van der Waals surface area contributed by atoms with Crippen molar-refractivity contribution in [2.45, 2.75) is 44.4 Å². The van der Waals surface area contributed by atoms with Crippen LogP contribution in [0.2, 0.25) is 0 Å². The van der Waals surface area contributed by atoms with Crippen molar-refractivity contribution in [3.63, 3.8) is 0 Å². The average molecular weight is 264 g/mol. The fourth-order valence-corrected chi connectivity index (χ4v) is 1.94. The zero-order valence-corrected chi connectivity index (χ0v) is 10.4. The number of hydrogen-bond acceptors (Lipinski definition) is 2. The van der Waals surface area contributed by atoms with E-state index in [1.807, 2.05) is 0 Å². The molecule has 104 valence electrons. The van der Waals surface area contributed by atoms with Crippen LogP contribution >= 0.6 is 0 Å². The molecule has 0 aromatic heterocycles. The maximum Gasteiger partial charge on any atom is 0.406 e. The van der Waals surface area contributed by atoms with Crippen molar-refractivity contribution < 1.29 is 18.0 Å². The van der Waals surface area contributed by atoms with Gasteiger partial charge < -0.3 is 10.6 Å². The van der Waals surface area contributed by atoms with Crippen LogP contribution in [0.3, 0.4) is 0 Å². The second-order valence-electron chi connectivity index (χ2n) is 4.79. The van der Waals surface area contributed by atoms with Gasteiger partial charge >= 0.3 is 6.18 Å². The Kier molecular flexibility index (Phi) is 4.78. The second-order valence-corrected chi connectivity index (χ2v) is 4.79. The van der Waals surface area contributed by atoms with Gasteiger partial charge in [-0.05, 0) is 32.1 Å². The first kappa shape index (κ1) is 15.0. The van der Waals surface area contributed by atoms with Gasteiger partial charge in [0.2, 0.25) is 5.91 Å². The van der Waals surface area contributed by atoms with Gasteiger partial charge in [0.1, 0.15) is 6.54 Å². The fourth-order valence-electron chi connectivity index (χ4n) is 1.94. The Hall–Kier alpha value is -1.04. The Balaban J connectivity index is 2.75. The molecule has 1 fully saturated rings. The van der Waals surface area contributed by atoms with Gasteiger partial charge in [0.25, 0.3) is 0 Å². The standard InChI is InChI=1S/C12H19F3N2O/c1-3-4-10(16)11(18)17(7-12(13,14)15)8(2)9-5-6-9/h3,8-10H,1,4-7,16H2,2H3. The van der Waals surface area contributed by atoms with E-state index in [2.05, 4.69) is 6.58 Å². The molecule has 2 N–H and O–H groups in total. The van der Waals surface area contributed by atoms with E-state index in [0.717, 1.165) is 17.7 Å². The molecule has 1 saturated carbocycles. The Morgan fingerprint density at radius 2 is 2.11 bits per heavy atom. The number of halogens is 3. The van der Waals surface area contributed by atoms with Gasteiger partial charge in [-0.25, -0.2) is 0 Å². The topological polar surface area (TPSA) is 46.3 Å². The molecule has 0 aliphatic heterocycles. The fraction of sp³-hybridized carbons (Fsp3) is 0.750. The molecule has 0 aromatic carbocycles. The minimum atomic E-state index is -4.40. The van der Waals surface area contributed by atoms with Gasteiger partial charge in [0.15, 0.2) is 0 Å². The Morgan fingerprint density at radius 1 is 1.56 bits per heavy atom. The molecule has 1 aliphatic rings. The summed E-state index contributed by atoms with van der Waals surface area (Å²) in [5.74, 6) is -0.473. The normalized spacial score (nSPS) is 19.2. The predicted octanol–water partition coefficient (Wildman–Crippen LogP) is 2.08. The molecule has 0 spiro atoms. The summed E-state index contributed by atoms with van der Waals surface area (Å²) in [4.78, 5) is 12.8. The van der Waals surface area contributed by atoms with Crippen molar-refractivity contribution in [1.82, 2.24) is 4.90 Å². The van der Waals surface area contributed by atoms with Crippen LogP contribution in [0, 0.1) is 5.92 Å². The predicted molar refractivity (Wildman–Crippen MR) is 62.7 cm³/mol. The number of nitrogens with two attached hydrogens (primary N) is 1. The molecule has 2 unspecified atom stereocenters. The Morgan fingerprint density at radius 3 is 2.50 bits per heavy atom. The lowest BCUT2D eigenvalue weighted by Gasteiger charge is -2.32. The zero-order valence-electron chi connectivity index (χ0n) is 10.4. The smallest absolute Gasteiger partial charge is 0.329 e. The lowest BCUT2D eigenvalue weighted by molar-refractivity contribution is -0.166. The first-order valence-corrected chi connectivity index (χ1v) is 6.00. The molecule has 6 heteroatoms. The molecular weight excluding hydrogens is 245 g/mol. The number of rotatable bonds is 6. The Labute approximate surface area is 105 Å². The summed E-state index contributed by atoms with van der Waals surface area (Å²) < 4.78 is 37.5. The van der Waals surface area contributed by atoms with Crippen LogP contribution in [0.1, 0.15) is 26.2 Å². The highest BCUT2D eigenvalue weighted by Crippen LogP contribution is 2.36. The highest BCUT2D eigenvalue weighted by molar-refractivity contribution is 5.82. The third-order valence-corrected chi connectivity index (χ3v) is 3.17. The maximum absolute atomic E-state index is 12.5. The summed E-state index contributed by atoms with van der Waals surface area (Å²) >= 11 is 0. The van der Waals surface area contributed by atoms with E-state index in [1.54, 1.807) is 6.92 Å². The molecule has 1 aliphatic carbocycles. The summed E-state index contributed by atoms with van der Waals surface area (Å²) in [7, 11) is 0. The van der Waals surface area contributed by atoms with Crippen LogP contribution in [0.5, 0.6) is 0 Å². The van der Waals surface area contributed by atoms with Crippen molar-refractivity contribution in [3.8, 4) is 0 Å². The molecule has 18 heavy (non-hydrogen) atoms. The summed E-state index contributed by atoms with van der Waals surface area (Å²) in [5, 5.41) is 0. The minimum absolute atomic E-state index is 0.173. The number of nitrogens with zero attached hydrogens (tertiary/aromatic N) is 1. The van der Waals surface area contributed by atoms with Crippen molar-refractivity contribution >= 4 is 5.91 Å². The number of carbonyl (C=O) groups excluding carboxylic acids is 1. The molecule has 0 radical (unpaired) electrons. The number of amides is 1. The van der Waals surface area contributed by atoms with Gasteiger partial charge in [-0.15, -0.1) is 6.58 Å². The van der Waals surface area contributed by atoms with E-state index < -0.39 is 30.7 Å². The van der Waals surface area contributed by atoms with Gasteiger partial charge in [-0.2, -0.15) is 13.2 Å². The molecule has 1 rings (SSSR count). The van der Waals surface area contributed by atoms with Gasteiger partial charge in [0, 0.05) is 6.04 Å². The molecule has 1 amide bonds. The second kappa shape index (κ2) is 5.73. The number of carbonyl (C=O) groups is 1. The van der Waals surface area contributed by atoms with Gasteiger partial charge in [-0.1, -0.05) is 6.08 Å². The van der Waals surface area contributed by atoms with E-state index in [-0.39, 0.29) is 12.3 Å². The highest BCUT2D eigenvalue weighted by Gasteiger charge is 2.41. The third kappa shape index (κ3) is 4.33. The van der Waals surface area contributed by atoms with E-state index in [9.17, 15) is 18.0 Å². The van der Waals surface area contributed by atoms with Crippen LogP contribution in [-0.2, 0) is 4.79 Å². The van der Waals surface area contributed by atoms with Crippen molar-refractivity contribution in [3.05, 3.63) is 12.7 Å². The van der Waals surface area contributed by atoms with E-state index >= 15 is 0 Å². The van der Waals surface area contributed by atoms with Crippen LogP contribution in [0.4, 0.5) is 13.2 Å². The third-order valence-electron chi connectivity index (χ3n) is 3.17. The average Bonchev–Trinajstić information content (AvgIpc) is 3.06. The molecule has 2 atom stereocenters. The molecular formula is C12H19F3N2O. The highest BCUT2D eigenvalue weighted by atomic mass is 19.4. The number of alkyl halides is 3. The molecule has 0 bridgehead atoms. The summed E-state index contributed by atoms with van der Waals surface area (Å²) in [6, 6.07) is -1.35. The van der Waals surface area contributed by atoms with Crippen LogP contribution in [-0.4, -0.2) is 35.6 Å². The quantitative estimate of drug-likeness (QED) is 0.747. The van der Waals surface area contributed by atoms with Gasteiger partial charge in [0.05, 0.1) is 6.04 Å². The monoisotopic (exact) mass is 264 g/mol. The van der Waals surface area contributed by atoms with Crippen LogP contribution in [0.25, 0.3) is 0 Å². The number of hydrogen-bond donors (Lipinski definition) is 1. The SMILES string of the molecule is C=CCC(N)C(=O)N(CC(F)(F)F)C(C)C1CC1. The summed E-state index contributed by atoms with van der Waals surface area (Å²) in [6.45, 7) is 3.86. The molecule has 0 heterocycles. The van der Waals surface area contributed by atoms with Crippen molar-refractivity contribution in [1.29, 1.82) is 0 Å². The lowest BCUT2D eigenvalue weighted by Crippen LogP contribution is -2.51. The van der Waals surface area contributed by atoms with Gasteiger partial charge in [-0.3, -0.25) is 4.79 Å². The zero-order chi connectivity index (χ0) is 13.9. The lowest BCUT2D eigenvalue weighted by atomic mass is 10.1. The van der Waals surface area contributed by atoms with E-state index in [0.29, 0.717) is 0 Å². The first-order valence-electron chi connectivity index (χ1n) is 6.00. The minimum Gasteiger partial charge on any atom is -0.329 e. The first-order chi connectivity index (χ1) is 8.26. The van der Waals surface area contributed by atoms with Crippen molar-refractivity contribution in [2.75, 3.05) is 6.54 Å². The summed E-state index contributed by atoms with van der Waals surface area (Å²) in [5.41, 5.74) is 5.58. The maximum atomic E-state index is 12.5. The Bertz CT molecular complexity index is 313. The van der Waals surface area contributed by atoms with Crippen LogP contribution < -0.4 is 5.73 Å². The van der Waals surface area contributed by atoms with E-state index in [4.69, 9.17) is 5.73 Å². The van der Waals surface area contributed by atoms with Crippen LogP contribution in [0.15, 0.2) is 12.7 Å². The molecule has 3 nitrogen and oxygen atoms in total. The van der Waals surface area contributed by atoms with Crippen molar-refractivity contribution in [2.24, 2.45) is 11.7 Å². The molecule has 0 aromatic rings. The van der Waals surface area contributed by atoms with E-state index in [1.165, 1.54) is 6.08 Å². The summed E-state index contributed by atoms with van der Waals surface area (Å²) in [6.07, 6.45) is -1.02. The molecule has 0 saturated heterocycles.